The van der Waals surface area contributed by atoms with Gasteiger partial charge >= 0.3 is 0 Å². The van der Waals surface area contributed by atoms with Gasteiger partial charge in [0.1, 0.15) is 11.5 Å². The van der Waals surface area contributed by atoms with Gasteiger partial charge in [0.2, 0.25) is 0 Å². The van der Waals surface area contributed by atoms with E-state index in [0.29, 0.717) is 6.54 Å². The monoisotopic (exact) mass is 313 g/mol. The first-order valence-corrected chi connectivity index (χ1v) is 8.24. The number of rotatable bonds is 8. The second-order valence-corrected chi connectivity index (χ2v) is 5.87. The van der Waals surface area contributed by atoms with Crippen LogP contribution in [-0.4, -0.2) is 20.3 Å². The maximum Gasteiger partial charge on any atom is 0.122 e. The number of nitrogens with two attached hydrogens (primary N) is 1. The van der Waals surface area contributed by atoms with Crippen LogP contribution in [-0.2, 0) is 6.42 Å². The fourth-order valence-corrected chi connectivity index (χ4v) is 2.72. The lowest BCUT2D eigenvalue weighted by molar-refractivity contribution is 0.317. The molecule has 2 N–H and O–H groups in total. The third kappa shape index (κ3) is 4.73. The highest BCUT2D eigenvalue weighted by atomic mass is 16.5. The van der Waals surface area contributed by atoms with Crippen LogP contribution >= 0.6 is 0 Å². The molecule has 3 heteroatoms. The van der Waals surface area contributed by atoms with E-state index < -0.39 is 0 Å². The molecule has 0 aliphatic heterocycles. The SMILES string of the molecule is CCCOc1ccc(CC(CN)c2cc(C)ccc2OC)cc1. The fraction of sp³-hybridized carbons (Fsp3) is 0.400. The second-order valence-electron chi connectivity index (χ2n) is 5.87. The summed E-state index contributed by atoms with van der Waals surface area (Å²) in [6, 6.07) is 14.6. The lowest BCUT2D eigenvalue weighted by Gasteiger charge is -2.19. The van der Waals surface area contributed by atoms with Crippen molar-refractivity contribution in [3.05, 3.63) is 59.2 Å². The minimum atomic E-state index is 0.243. The third-order valence-electron chi connectivity index (χ3n) is 3.99. The largest absolute Gasteiger partial charge is 0.496 e. The van der Waals surface area contributed by atoms with Gasteiger partial charge in [0.05, 0.1) is 13.7 Å². The number of ether oxygens (including phenoxy) is 2. The van der Waals surface area contributed by atoms with Crippen LogP contribution < -0.4 is 15.2 Å². The minimum absolute atomic E-state index is 0.243. The zero-order valence-electron chi connectivity index (χ0n) is 14.3. The average Bonchev–Trinajstić information content (AvgIpc) is 2.59. The highest BCUT2D eigenvalue weighted by Crippen LogP contribution is 2.30. The first-order chi connectivity index (χ1) is 11.2. The van der Waals surface area contributed by atoms with Crippen molar-refractivity contribution in [2.45, 2.75) is 32.6 Å². The molecule has 1 unspecified atom stereocenters. The number of hydrogen-bond donors (Lipinski definition) is 1. The van der Waals surface area contributed by atoms with E-state index in [9.17, 15) is 0 Å². The number of benzene rings is 2. The van der Waals surface area contributed by atoms with Crippen molar-refractivity contribution in [3.8, 4) is 11.5 Å². The molecule has 0 saturated heterocycles. The van der Waals surface area contributed by atoms with Crippen LogP contribution in [0.5, 0.6) is 11.5 Å². The van der Waals surface area contributed by atoms with Gasteiger partial charge in [0.25, 0.3) is 0 Å². The molecule has 0 spiro atoms. The molecule has 1 atom stereocenters. The lowest BCUT2D eigenvalue weighted by Crippen LogP contribution is -2.16. The van der Waals surface area contributed by atoms with E-state index in [-0.39, 0.29) is 5.92 Å². The molecule has 0 heterocycles. The number of hydrogen-bond acceptors (Lipinski definition) is 3. The van der Waals surface area contributed by atoms with E-state index in [1.54, 1.807) is 7.11 Å². The summed E-state index contributed by atoms with van der Waals surface area (Å²) in [5.74, 6) is 2.08. The van der Waals surface area contributed by atoms with Gasteiger partial charge in [-0.05, 0) is 55.6 Å². The Balaban J connectivity index is 2.14. The molecule has 23 heavy (non-hydrogen) atoms. The number of aryl methyl sites for hydroxylation is 1. The van der Waals surface area contributed by atoms with E-state index in [0.717, 1.165) is 30.9 Å². The topological polar surface area (TPSA) is 44.5 Å². The zero-order chi connectivity index (χ0) is 16.7. The van der Waals surface area contributed by atoms with Gasteiger partial charge < -0.3 is 15.2 Å². The Bertz CT molecular complexity index is 608. The first kappa shape index (κ1) is 17.4. The van der Waals surface area contributed by atoms with Gasteiger partial charge in [-0.2, -0.15) is 0 Å². The quantitative estimate of drug-likeness (QED) is 0.798. The summed E-state index contributed by atoms with van der Waals surface area (Å²) in [5.41, 5.74) is 9.71. The Kier molecular flexibility index (Phi) is 6.48. The predicted molar refractivity (Wildman–Crippen MR) is 95.5 cm³/mol. The Hall–Kier alpha value is -2.00. The molecular weight excluding hydrogens is 286 g/mol. The molecule has 0 radical (unpaired) electrons. The molecule has 0 fully saturated rings. The van der Waals surface area contributed by atoms with Crippen molar-refractivity contribution in [2.75, 3.05) is 20.3 Å². The van der Waals surface area contributed by atoms with Crippen LogP contribution in [0, 0.1) is 6.92 Å². The summed E-state index contributed by atoms with van der Waals surface area (Å²) in [5, 5.41) is 0. The van der Waals surface area contributed by atoms with E-state index in [2.05, 4.69) is 38.1 Å². The molecule has 0 bridgehead atoms. The molecule has 0 aliphatic rings. The summed E-state index contributed by atoms with van der Waals surface area (Å²) in [4.78, 5) is 0. The Morgan fingerprint density at radius 2 is 1.83 bits per heavy atom. The summed E-state index contributed by atoms with van der Waals surface area (Å²) < 4.78 is 11.1. The molecule has 2 rings (SSSR count). The smallest absolute Gasteiger partial charge is 0.122 e. The maximum atomic E-state index is 6.04. The fourth-order valence-electron chi connectivity index (χ4n) is 2.72. The summed E-state index contributed by atoms with van der Waals surface area (Å²) >= 11 is 0. The predicted octanol–water partition coefficient (Wildman–Crippen LogP) is 4.08. The van der Waals surface area contributed by atoms with Crippen molar-refractivity contribution in [3.63, 3.8) is 0 Å². The zero-order valence-corrected chi connectivity index (χ0v) is 14.3. The summed E-state index contributed by atoms with van der Waals surface area (Å²) in [6.07, 6.45) is 1.91. The van der Waals surface area contributed by atoms with Crippen LogP contribution in [0.25, 0.3) is 0 Å². The van der Waals surface area contributed by atoms with E-state index >= 15 is 0 Å². The van der Waals surface area contributed by atoms with E-state index in [4.69, 9.17) is 15.2 Å². The van der Waals surface area contributed by atoms with Crippen molar-refractivity contribution >= 4 is 0 Å². The standard InChI is InChI=1S/C20H27NO2/c1-4-11-23-18-8-6-16(7-9-18)13-17(14-21)19-12-15(2)5-10-20(19)22-3/h5-10,12,17H,4,11,13-14,21H2,1-3H3. The van der Waals surface area contributed by atoms with Gasteiger partial charge in [0, 0.05) is 5.92 Å². The molecule has 0 aromatic heterocycles. The summed E-state index contributed by atoms with van der Waals surface area (Å²) in [6.45, 7) is 5.55. The van der Waals surface area contributed by atoms with Crippen LogP contribution in [0.4, 0.5) is 0 Å². The van der Waals surface area contributed by atoms with Gasteiger partial charge in [-0.15, -0.1) is 0 Å². The van der Waals surface area contributed by atoms with E-state index in [1.807, 2.05) is 18.2 Å². The number of methoxy groups -OCH3 is 1. The van der Waals surface area contributed by atoms with Gasteiger partial charge in [-0.25, -0.2) is 0 Å². The van der Waals surface area contributed by atoms with E-state index in [1.165, 1.54) is 16.7 Å². The van der Waals surface area contributed by atoms with Gasteiger partial charge in [-0.3, -0.25) is 0 Å². The molecule has 3 nitrogen and oxygen atoms in total. The Morgan fingerprint density at radius 3 is 2.43 bits per heavy atom. The molecule has 2 aromatic carbocycles. The Morgan fingerprint density at radius 1 is 1.09 bits per heavy atom. The van der Waals surface area contributed by atoms with Crippen LogP contribution in [0.15, 0.2) is 42.5 Å². The lowest BCUT2D eigenvalue weighted by atomic mass is 9.90. The van der Waals surface area contributed by atoms with Crippen molar-refractivity contribution < 1.29 is 9.47 Å². The van der Waals surface area contributed by atoms with Crippen LogP contribution in [0.3, 0.4) is 0 Å². The molecule has 124 valence electrons. The van der Waals surface area contributed by atoms with Crippen molar-refractivity contribution in [2.24, 2.45) is 5.73 Å². The highest BCUT2D eigenvalue weighted by molar-refractivity contribution is 5.41. The molecule has 2 aromatic rings. The van der Waals surface area contributed by atoms with Crippen molar-refractivity contribution in [1.29, 1.82) is 0 Å². The van der Waals surface area contributed by atoms with Gasteiger partial charge in [0.15, 0.2) is 0 Å². The Labute approximate surface area is 139 Å². The average molecular weight is 313 g/mol. The minimum Gasteiger partial charge on any atom is -0.496 e. The van der Waals surface area contributed by atoms with Crippen molar-refractivity contribution in [1.82, 2.24) is 0 Å². The highest BCUT2D eigenvalue weighted by Gasteiger charge is 2.16. The third-order valence-corrected chi connectivity index (χ3v) is 3.99. The summed E-state index contributed by atoms with van der Waals surface area (Å²) in [7, 11) is 1.71. The van der Waals surface area contributed by atoms with Crippen LogP contribution in [0.1, 0.15) is 36.0 Å². The molecule has 0 aliphatic carbocycles. The normalized spacial score (nSPS) is 12.0. The molecule has 0 saturated carbocycles. The first-order valence-electron chi connectivity index (χ1n) is 8.24. The van der Waals surface area contributed by atoms with Gasteiger partial charge in [-0.1, -0.05) is 36.8 Å². The maximum absolute atomic E-state index is 6.04. The van der Waals surface area contributed by atoms with Crippen LogP contribution in [0.2, 0.25) is 0 Å². The molecular formula is C20H27NO2. The molecule has 0 amide bonds. The second kappa shape index (κ2) is 8.59.